The highest BCUT2D eigenvalue weighted by Gasteiger charge is 2.36. The molecule has 0 aromatic heterocycles. The van der Waals surface area contributed by atoms with Gasteiger partial charge in [0.05, 0.1) is 11.7 Å². The van der Waals surface area contributed by atoms with E-state index in [-0.39, 0.29) is 5.60 Å². The minimum absolute atomic E-state index is 0.233. The van der Waals surface area contributed by atoms with E-state index in [1.807, 2.05) is 0 Å². The fraction of sp³-hybridized carbons (Fsp3) is 0.833. The summed E-state index contributed by atoms with van der Waals surface area (Å²) in [6, 6.07) is 0. The van der Waals surface area contributed by atoms with Crippen molar-refractivity contribution in [3.05, 3.63) is 11.6 Å². The van der Waals surface area contributed by atoms with Gasteiger partial charge in [0.15, 0.2) is 0 Å². The van der Waals surface area contributed by atoms with Gasteiger partial charge in [-0.15, -0.1) is 0 Å². The van der Waals surface area contributed by atoms with Gasteiger partial charge in [-0.25, -0.2) is 0 Å². The monoisotopic (exact) mass is 180 g/mol. The zero-order valence-electron chi connectivity index (χ0n) is 8.81. The Morgan fingerprint density at radius 2 is 2.31 bits per heavy atom. The van der Waals surface area contributed by atoms with E-state index in [2.05, 4.69) is 19.9 Å². The number of hydrogen-bond donors (Lipinski definition) is 0. The molecule has 0 N–H and O–H groups in total. The predicted octanol–water partition coefficient (Wildman–Crippen LogP) is 3.44. The number of rotatable bonds is 0. The molecule has 2 rings (SSSR count). The Morgan fingerprint density at radius 3 is 3.00 bits per heavy atom. The van der Waals surface area contributed by atoms with E-state index in [1.54, 1.807) is 0 Å². The minimum atomic E-state index is 0.233. The Bertz CT molecular complexity index is 219. The summed E-state index contributed by atoms with van der Waals surface area (Å²) < 4.78 is 6.14. The van der Waals surface area contributed by atoms with E-state index in [1.165, 1.54) is 44.1 Å². The van der Waals surface area contributed by atoms with Gasteiger partial charge in [0.2, 0.25) is 0 Å². The highest BCUT2D eigenvalue weighted by Crippen LogP contribution is 2.40. The molecule has 2 aliphatic rings. The second-order valence-corrected chi connectivity index (χ2v) is 4.77. The summed E-state index contributed by atoms with van der Waals surface area (Å²) in [5, 5.41) is 0. The Balaban J connectivity index is 2.07. The van der Waals surface area contributed by atoms with Crippen molar-refractivity contribution < 1.29 is 4.74 Å². The van der Waals surface area contributed by atoms with Crippen LogP contribution in [0.15, 0.2) is 11.6 Å². The second-order valence-electron chi connectivity index (χ2n) is 4.77. The topological polar surface area (TPSA) is 9.23 Å². The molecule has 1 spiro atoms. The predicted molar refractivity (Wildman–Crippen MR) is 54.7 cm³/mol. The number of ether oxygens (including phenoxy) is 1. The van der Waals surface area contributed by atoms with Crippen LogP contribution in [0, 0.1) is 0 Å². The van der Waals surface area contributed by atoms with E-state index in [4.69, 9.17) is 4.74 Å². The van der Waals surface area contributed by atoms with Crippen LogP contribution in [-0.4, -0.2) is 11.7 Å². The molecule has 1 aliphatic carbocycles. The van der Waals surface area contributed by atoms with Gasteiger partial charge in [-0.1, -0.05) is 11.6 Å². The molecule has 1 heteroatoms. The van der Waals surface area contributed by atoms with Gasteiger partial charge in [0.25, 0.3) is 0 Å². The molecule has 0 aromatic rings. The van der Waals surface area contributed by atoms with Crippen LogP contribution in [0.1, 0.15) is 52.4 Å². The third-order valence-electron chi connectivity index (χ3n) is 3.39. The van der Waals surface area contributed by atoms with Gasteiger partial charge >= 0.3 is 0 Å². The first-order chi connectivity index (χ1) is 6.20. The smallest absolute Gasteiger partial charge is 0.0725 e. The third-order valence-corrected chi connectivity index (χ3v) is 3.39. The zero-order valence-corrected chi connectivity index (χ0v) is 8.81. The molecule has 1 heterocycles. The first-order valence-electron chi connectivity index (χ1n) is 5.54. The van der Waals surface area contributed by atoms with Gasteiger partial charge < -0.3 is 4.74 Å². The summed E-state index contributed by atoms with van der Waals surface area (Å²) in [4.78, 5) is 0. The molecule has 1 saturated heterocycles. The van der Waals surface area contributed by atoms with E-state index >= 15 is 0 Å². The van der Waals surface area contributed by atoms with Gasteiger partial charge in [-0.05, 0) is 52.4 Å². The molecule has 0 amide bonds. The van der Waals surface area contributed by atoms with E-state index in [0.717, 1.165) is 0 Å². The standard InChI is InChI=1S/C12H20O/c1-10-5-3-7-12(9-10)8-4-6-11(2)13-12/h5,11H,3-4,6-9H2,1-2H3/t11-,12-/m1/s1. The fourth-order valence-corrected chi connectivity index (χ4v) is 2.82. The highest BCUT2D eigenvalue weighted by atomic mass is 16.5. The maximum atomic E-state index is 6.14. The zero-order chi connectivity index (χ0) is 9.31. The maximum absolute atomic E-state index is 6.14. The summed E-state index contributed by atoms with van der Waals surface area (Å²) in [5.41, 5.74) is 1.76. The molecule has 0 aromatic carbocycles. The normalized spacial score (nSPS) is 40.5. The first-order valence-corrected chi connectivity index (χ1v) is 5.54. The van der Waals surface area contributed by atoms with Gasteiger partial charge in [0.1, 0.15) is 0 Å². The Hall–Kier alpha value is -0.300. The number of hydrogen-bond acceptors (Lipinski definition) is 1. The van der Waals surface area contributed by atoms with Crippen molar-refractivity contribution in [2.24, 2.45) is 0 Å². The second kappa shape index (κ2) is 3.45. The van der Waals surface area contributed by atoms with E-state index in [9.17, 15) is 0 Å². The van der Waals surface area contributed by atoms with Crippen molar-refractivity contribution >= 4 is 0 Å². The lowest BCUT2D eigenvalue weighted by Crippen LogP contribution is -2.41. The first kappa shape index (κ1) is 9.26. The van der Waals surface area contributed by atoms with Gasteiger partial charge in [-0.2, -0.15) is 0 Å². The fourth-order valence-electron chi connectivity index (χ4n) is 2.82. The van der Waals surface area contributed by atoms with E-state index < -0.39 is 0 Å². The van der Waals surface area contributed by atoms with Crippen molar-refractivity contribution in [2.45, 2.75) is 64.1 Å². The molecule has 1 aliphatic heterocycles. The molecular formula is C12H20O. The van der Waals surface area contributed by atoms with Crippen LogP contribution >= 0.6 is 0 Å². The SMILES string of the molecule is CC1=CCC[C@@]2(CCC[C@@H](C)O2)C1. The van der Waals surface area contributed by atoms with Crippen LogP contribution in [-0.2, 0) is 4.74 Å². The third kappa shape index (κ3) is 1.96. The van der Waals surface area contributed by atoms with Crippen molar-refractivity contribution in [3.63, 3.8) is 0 Å². The number of allylic oxidation sites excluding steroid dienone is 1. The van der Waals surface area contributed by atoms with Crippen LogP contribution < -0.4 is 0 Å². The van der Waals surface area contributed by atoms with E-state index in [0.29, 0.717) is 6.10 Å². The molecule has 0 unspecified atom stereocenters. The quantitative estimate of drug-likeness (QED) is 0.519. The average Bonchev–Trinajstić information content (AvgIpc) is 2.02. The summed E-state index contributed by atoms with van der Waals surface area (Å²) in [7, 11) is 0. The molecule has 0 saturated carbocycles. The summed E-state index contributed by atoms with van der Waals surface area (Å²) >= 11 is 0. The van der Waals surface area contributed by atoms with Crippen molar-refractivity contribution in [1.82, 2.24) is 0 Å². The Morgan fingerprint density at radius 1 is 1.46 bits per heavy atom. The molecule has 1 fully saturated rings. The van der Waals surface area contributed by atoms with Gasteiger partial charge in [0, 0.05) is 0 Å². The van der Waals surface area contributed by atoms with Crippen LogP contribution in [0.25, 0.3) is 0 Å². The summed E-state index contributed by atoms with van der Waals surface area (Å²) in [6.07, 6.45) is 10.4. The molecule has 0 radical (unpaired) electrons. The molecule has 2 atom stereocenters. The van der Waals surface area contributed by atoms with Crippen molar-refractivity contribution in [2.75, 3.05) is 0 Å². The highest BCUT2D eigenvalue weighted by molar-refractivity contribution is 5.10. The van der Waals surface area contributed by atoms with Crippen molar-refractivity contribution in [3.8, 4) is 0 Å². The van der Waals surface area contributed by atoms with Crippen LogP contribution in [0.3, 0.4) is 0 Å². The summed E-state index contributed by atoms with van der Waals surface area (Å²) in [5.74, 6) is 0. The average molecular weight is 180 g/mol. The molecule has 74 valence electrons. The van der Waals surface area contributed by atoms with Crippen LogP contribution in [0.4, 0.5) is 0 Å². The molecule has 0 bridgehead atoms. The minimum Gasteiger partial charge on any atom is -0.372 e. The molecular weight excluding hydrogens is 160 g/mol. The Kier molecular flexibility index (Phi) is 2.46. The van der Waals surface area contributed by atoms with Gasteiger partial charge in [-0.3, -0.25) is 0 Å². The lowest BCUT2D eigenvalue weighted by molar-refractivity contribution is -0.126. The maximum Gasteiger partial charge on any atom is 0.0725 e. The van der Waals surface area contributed by atoms with Crippen LogP contribution in [0.2, 0.25) is 0 Å². The lowest BCUT2D eigenvalue weighted by Gasteiger charge is -2.42. The van der Waals surface area contributed by atoms with Crippen LogP contribution in [0.5, 0.6) is 0 Å². The molecule has 13 heavy (non-hydrogen) atoms. The van der Waals surface area contributed by atoms with Crippen molar-refractivity contribution in [1.29, 1.82) is 0 Å². The largest absolute Gasteiger partial charge is 0.372 e. The summed E-state index contributed by atoms with van der Waals surface area (Å²) in [6.45, 7) is 4.46. The Labute approximate surface area is 81.2 Å². The molecule has 1 nitrogen and oxygen atoms in total. The lowest BCUT2D eigenvalue weighted by atomic mass is 9.79.